The Morgan fingerprint density at radius 3 is 2.24 bits per heavy atom. The third-order valence-electron chi connectivity index (χ3n) is 3.71. The quantitative estimate of drug-likeness (QED) is 0.551. The first-order valence-electron chi connectivity index (χ1n) is 7.00. The summed E-state index contributed by atoms with van der Waals surface area (Å²) in [4.78, 5) is 0. The maximum absolute atomic E-state index is 4.44. The number of aromatic nitrogens is 2. The zero-order chi connectivity index (χ0) is 14.1. The van der Waals surface area contributed by atoms with Crippen molar-refractivity contribution in [1.29, 1.82) is 0 Å². The Kier molecular flexibility index (Phi) is 2.79. The van der Waals surface area contributed by atoms with Gasteiger partial charge < -0.3 is 0 Å². The molecular weight excluding hydrogens is 256 g/mol. The first kappa shape index (κ1) is 11.9. The molecule has 1 N–H and O–H groups in total. The molecule has 0 radical (unpaired) electrons. The highest BCUT2D eigenvalue weighted by Crippen LogP contribution is 2.26. The predicted molar refractivity (Wildman–Crippen MR) is 87.0 cm³/mol. The van der Waals surface area contributed by atoms with Gasteiger partial charge in [0.05, 0.1) is 11.4 Å². The summed E-state index contributed by atoms with van der Waals surface area (Å²) in [5.74, 6) is 0. The van der Waals surface area contributed by atoms with Crippen molar-refractivity contribution in [2.45, 2.75) is 0 Å². The summed E-state index contributed by atoms with van der Waals surface area (Å²) in [5, 5.41) is 10.0. The van der Waals surface area contributed by atoms with Crippen molar-refractivity contribution in [2.75, 3.05) is 0 Å². The Bertz CT molecular complexity index is 892. The highest BCUT2D eigenvalue weighted by molar-refractivity contribution is 5.87. The van der Waals surface area contributed by atoms with Crippen LogP contribution >= 0.6 is 0 Å². The van der Waals surface area contributed by atoms with Crippen LogP contribution in [0.1, 0.15) is 0 Å². The molecule has 0 aliphatic carbocycles. The molecule has 0 spiro atoms. The lowest BCUT2D eigenvalue weighted by atomic mass is 10.0. The van der Waals surface area contributed by atoms with E-state index in [0.29, 0.717) is 0 Å². The molecule has 0 aliphatic rings. The molecule has 0 atom stereocenters. The molecule has 2 heteroatoms. The van der Waals surface area contributed by atoms with Crippen molar-refractivity contribution < 1.29 is 0 Å². The average molecular weight is 270 g/mol. The highest BCUT2D eigenvalue weighted by atomic mass is 15.1. The van der Waals surface area contributed by atoms with Gasteiger partial charge in [-0.15, -0.1) is 0 Å². The number of aromatic amines is 1. The van der Waals surface area contributed by atoms with E-state index in [0.717, 1.165) is 22.5 Å². The fraction of sp³-hybridized carbons (Fsp3) is 0. The van der Waals surface area contributed by atoms with Crippen molar-refractivity contribution in [3.8, 4) is 22.5 Å². The molecule has 0 amide bonds. The van der Waals surface area contributed by atoms with E-state index in [-0.39, 0.29) is 0 Å². The third kappa shape index (κ3) is 2.21. The second-order valence-corrected chi connectivity index (χ2v) is 5.09. The SMILES string of the molecule is c1ccc(-c2cc(-c3ccc4ccccc4c3)n[nH]2)cc1. The first-order valence-corrected chi connectivity index (χ1v) is 7.00. The van der Waals surface area contributed by atoms with Crippen LogP contribution in [0.25, 0.3) is 33.3 Å². The molecule has 1 heterocycles. The molecule has 4 aromatic rings. The predicted octanol–water partition coefficient (Wildman–Crippen LogP) is 4.90. The van der Waals surface area contributed by atoms with Crippen molar-refractivity contribution in [3.63, 3.8) is 0 Å². The van der Waals surface area contributed by atoms with Crippen molar-refractivity contribution in [3.05, 3.63) is 78.9 Å². The average Bonchev–Trinajstić information content (AvgIpc) is 3.05. The lowest BCUT2D eigenvalue weighted by Crippen LogP contribution is -1.79. The Balaban J connectivity index is 1.77. The van der Waals surface area contributed by atoms with Gasteiger partial charge >= 0.3 is 0 Å². The van der Waals surface area contributed by atoms with Gasteiger partial charge in [-0.1, -0.05) is 66.7 Å². The summed E-state index contributed by atoms with van der Waals surface area (Å²) in [6, 6.07) is 27.2. The van der Waals surface area contributed by atoms with Gasteiger partial charge in [0.2, 0.25) is 0 Å². The normalized spacial score (nSPS) is 10.9. The van der Waals surface area contributed by atoms with Crippen LogP contribution in [-0.4, -0.2) is 10.2 Å². The molecule has 0 saturated heterocycles. The standard InChI is InChI=1S/C19H14N2/c1-2-7-15(8-3-1)18-13-19(21-20-18)17-11-10-14-6-4-5-9-16(14)12-17/h1-13H,(H,20,21). The Morgan fingerprint density at radius 1 is 0.619 bits per heavy atom. The molecule has 2 nitrogen and oxygen atoms in total. The van der Waals surface area contributed by atoms with Crippen LogP contribution < -0.4 is 0 Å². The van der Waals surface area contributed by atoms with Gasteiger partial charge in [0, 0.05) is 5.56 Å². The second kappa shape index (κ2) is 4.91. The van der Waals surface area contributed by atoms with Crippen LogP contribution in [0.3, 0.4) is 0 Å². The van der Waals surface area contributed by atoms with Gasteiger partial charge in [0.1, 0.15) is 0 Å². The van der Waals surface area contributed by atoms with E-state index in [1.807, 2.05) is 18.2 Å². The summed E-state index contributed by atoms with van der Waals surface area (Å²) < 4.78 is 0. The molecule has 0 saturated carbocycles. The Morgan fingerprint density at radius 2 is 1.38 bits per heavy atom. The first-order chi connectivity index (χ1) is 10.4. The van der Waals surface area contributed by atoms with Crippen LogP contribution in [0.15, 0.2) is 78.9 Å². The molecular formula is C19H14N2. The zero-order valence-electron chi connectivity index (χ0n) is 11.5. The van der Waals surface area contributed by atoms with E-state index in [4.69, 9.17) is 0 Å². The van der Waals surface area contributed by atoms with E-state index in [1.54, 1.807) is 0 Å². The minimum absolute atomic E-state index is 0.972. The summed E-state index contributed by atoms with van der Waals surface area (Å²) in [5.41, 5.74) is 4.29. The number of fused-ring (bicyclic) bond motifs is 1. The van der Waals surface area contributed by atoms with Crippen LogP contribution in [-0.2, 0) is 0 Å². The second-order valence-electron chi connectivity index (χ2n) is 5.09. The lowest BCUT2D eigenvalue weighted by Gasteiger charge is -2.00. The number of hydrogen-bond donors (Lipinski definition) is 1. The number of nitrogens with one attached hydrogen (secondary N) is 1. The monoisotopic (exact) mass is 270 g/mol. The number of benzene rings is 3. The molecule has 100 valence electrons. The van der Waals surface area contributed by atoms with Gasteiger partial charge in [0.25, 0.3) is 0 Å². The third-order valence-corrected chi connectivity index (χ3v) is 3.71. The van der Waals surface area contributed by atoms with Gasteiger partial charge in [-0.3, -0.25) is 5.10 Å². The number of rotatable bonds is 2. The van der Waals surface area contributed by atoms with E-state index in [9.17, 15) is 0 Å². The van der Waals surface area contributed by atoms with E-state index in [2.05, 4.69) is 70.9 Å². The van der Waals surface area contributed by atoms with E-state index >= 15 is 0 Å². The molecule has 3 aromatic carbocycles. The molecule has 0 bridgehead atoms. The summed E-state index contributed by atoms with van der Waals surface area (Å²) >= 11 is 0. The molecule has 0 aliphatic heterocycles. The molecule has 0 unspecified atom stereocenters. The van der Waals surface area contributed by atoms with Crippen LogP contribution in [0.2, 0.25) is 0 Å². The Hall–Kier alpha value is -2.87. The van der Waals surface area contributed by atoms with Crippen LogP contribution in [0, 0.1) is 0 Å². The number of nitrogens with zero attached hydrogens (tertiary/aromatic N) is 1. The fourth-order valence-corrected chi connectivity index (χ4v) is 2.58. The minimum atomic E-state index is 0.972. The zero-order valence-corrected chi connectivity index (χ0v) is 11.5. The van der Waals surface area contributed by atoms with E-state index in [1.165, 1.54) is 10.8 Å². The van der Waals surface area contributed by atoms with Gasteiger partial charge in [-0.05, 0) is 28.5 Å². The van der Waals surface area contributed by atoms with Gasteiger partial charge in [-0.2, -0.15) is 5.10 Å². The summed E-state index contributed by atoms with van der Waals surface area (Å²) in [6.45, 7) is 0. The highest BCUT2D eigenvalue weighted by Gasteiger charge is 2.06. The molecule has 1 aromatic heterocycles. The van der Waals surface area contributed by atoms with Gasteiger partial charge in [0.15, 0.2) is 0 Å². The lowest BCUT2D eigenvalue weighted by molar-refractivity contribution is 1.10. The van der Waals surface area contributed by atoms with E-state index < -0.39 is 0 Å². The molecule has 4 rings (SSSR count). The number of H-pyrrole nitrogens is 1. The smallest absolute Gasteiger partial charge is 0.0927 e. The van der Waals surface area contributed by atoms with Crippen LogP contribution in [0.4, 0.5) is 0 Å². The molecule has 0 fully saturated rings. The van der Waals surface area contributed by atoms with Crippen molar-refractivity contribution >= 4 is 10.8 Å². The fourth-order valence-electron chi connectivity index (χ4n) is 2.58. The van der Waals surface area contributed by atoms with Crippen molar-refractivity contribution in [1.82, 2.24) is 10.2 Å². The maximum Gasteiger partial charge on any atom is 0.0927 e. The van der Waals surface area contributed by atoms with Crippen LogP contribution in [0.5, 0.6) is 0 Å². The summed E-state index contributed by atoms with van der Waals surface area (Å²) in [7, 11) is 0. The largest absolute Gasteiger partial charge is 0.277 e. The molecule has 21 heavy (non-hydrogen) atoms. The maximum atomic E-state index is 4.44. The topological polar surface area (TPSA) is 28.7 Å². The number of hydrogen-bond acceptors (Lipinski definition) is 1. The Labute approximate surface area is 123 Å². The summed E-state index contributed by atoms with van der Waals surface area (Å²) in [6.07, 6.45) is 0. The van der Waals surface area contributed by atoms with Crippen molar-refractivity contribution in [2.24, 2.45) is 0 Å². The van der Waals surface area contributed by atoms with Gasteiger partial charge in [-0.25, -0.2) is 0 Å². The minimum Gasteiger partial charge on any atom is -0.277 e.